The molecule has 0 unspecified atom stereocenters. The van der Waals surface area contributed by atoms with Crippen LogP contribution in [0.5, 0.6) is 0 Å². The zero-order valence-corrected chi connectivity index (χ0v) is 16.3. The summed E-state index contributed by atoms with van der Waals surface area (Å²) in [7, 11) is 0. The lowest BCUT2D eigenvalue weighted by Gasteiger charge is -2.05. The second kappa shape index (κ2) is 8.42. The Morgan fingerprint density at radius 3 is 2.50 bits per heavy atom. The lowest BCUT2D eigenvalue weighted by atomic mass is 10.1. The Bertz CT molecular complexity index is 656. The van der Waals surface area contributed by atoms with E-state index < -0.39 is 0 Å². The van der Waals surface area contributed by atoms with Crippen LogP contribution < -0.4 is 5.32 Å². The van der Waals surface area contributed by atoms with Gasteiger partial charge in [0.05, 0.1) is 15.1 Å². The van der Waals surface area contributed by atoms with Crippen molar-refractivity contribution in [3.05, 3.63) is 56.6 Å². The Morgan fingerprint density at radius 1 is 1.29 bits per heavy atom. The van der Waals surface area contributed by atoms with E-state index in [1.165, 1.54) is 0 Å². The summed E-state index contributed by atoms with van der Waals surface area (Å²) in [6.07, 6.45) is 6.82. The van der Waals surface area contributed by atoms with Gasteiger partial charge in [-0.15, -0.1) is 0 Å². The Hall–Kier alpha value is -0.960. The minimum absolute atomic E-state index is 0.0468. The third-order valence-electron chi connectivity index (χ3n) is 3.92. The van der Waals surface area contributed by atoms with Crippen molar-refractivity contribution in [1.82, 2.24) is 5.32 Å². The summed E-state index contributed by atoms with van der Waals surface area (Å²) in [6.45, 7) is 6.76. The molecule has 0 radical (unpaired) electrons. The van der Waals surface area contributed by atoms with E-state index in [-0.39, 0.29) is 5.91 Å². The Labute approximate surface area is 158 Å². The molecule has 2 rings (SSSR count). The molecular weight excluding hydrogens is 365 g/mol. The molecule has 1 aliphatic rings. The minimum atomic E-state index is -0.0468. The number of allylic oxidation sites excluding steroid dienone is 3. The fraction of sp³-hybridized carbons (Fsp3) is 0.421. The van der Waals surface area contributed by atoms with Crippen LogP contribution in [0.15, 0.2) is 35.9 Å². The predicted molar refractivity (Wildman–Crippen MR) is 103 cm³/mol. The molecule has 0 saturated heterocycles. The number of carbonyl (C=O) groups excluding carboxylic acids is 1. The number of rotatable bonds is 6. The normalized spacial score (nSPS) is 20.7. The second-order valence-electron chi connectivity index (χ2n) is 6.69. The van der Waals surface area contributed by atoms with Gasteiger partial charge in [0.2, 0.25) is 5.91 Å². The zero-order valence-electron chi connectivity index (χ0n) is 14.1. The molecule has 0 aromatic heterocycles. The van der Waals surface area contributed by atoms with Crippen LogP contribution in [-0.2, 0) is 4.79 Å². The first-order chi connectivity index (χ1) is 11.3. The molecule has 1 N–H and O–H groups in total. The summed E-state index contributed by atoms with van der Waals surface area (Å²) in [5.41, 5.74) is 2.05. The van der Waals surface area contributed by atoms with Gasteiger partial charge in [0, 0.05) is 12.6 Å². The lowest BCUT2D eigenvalue weighted by Crippen LogP contribution is -2.25. The number of benzene rings is 1. The van der Waals surface area contributed by atoms with Gasteiger partial charge in [-0.05, 0) is 54.4 Å². The SMILES string of the molecule is CC(/C=C/[C@@H]1C[C@H]1c1cc(Cl)c(Cl)c(Cl)c1)=C\C(=O)NCC(C)C. The van der Waals surface area contributed by atoms with Crippen LogP contribution in [0, 0.1) is 11.8 Å². The van der Waals surface area contributed by atoms with Crippen molar-refractivity contribution < 1.29 is 4.79 Å². The molecular formula is C19H22Cl3NO. The van der Waals surface area contributed by atoms with Crippen LogP contribution >= 0.6 is 34.8 Å². The molecule has 0 aliphatic heterocycles. The molecule has 1 fully saturated rings. The quantitative estimate of drug-likeness (QED) is 0.361. The van der Waals surface area contributed by atoms with Gasteiger partial charge in [-0.25, -0.2) is 0 Å². The summed E-state index contributed by atoms with van der Waals surface area (Å²) >= 11 is 18.2. The van der Waals surface area contributed by atoms with E-state index in [4.69, 9.17) is 34.8 Å². The molecule has 0 spiro atoms. The molecule has 1 aliphatic carbocycles. The molecule has 1 saturated carbocycles. The monoisotopic (exact) mass is 385 g/mol. The fourth-order valence-electron chi connectivity index (χ4n) is 2.49. The number of hydrogen-bond donors (Lipinski definition) is 1. The van der Waals surface area contributed by atoms with Gasteiger partial charge in [-0.3, -0.25) is 4.79 Å². The van der Waals surface area contributed by atoms with Crippen LogP contribution in [-0.4, -0.2) is 12.5 Å². The molecule has 2 atom stereocenters. The van der Waals surface area contributed by atoms with Gasteiger partial charge in [0.15, 0.2) is 0 Å². The molecule has 5 heteroatoms. The number of nitrogens with one attached hydrogen (secondary N) is 1. The highest BCUT2D eigenvalue weighted by molar-refractivity contribution is 6.48. The first-order valence-electron chi connectivity index (χ1n) is 8.06. The van der Waals surface area contributed by atoms with Crippen molar-refractivity contribution in [2.45, 2.75) is 33.1 Å². The lowest BCUT2D eigenvalue weighted by molar-refractivity contribution is -0.116. The van der Waals surface area contributed by atoms with Crippen molar-refractivity contribution in [3.8, 4) is 0 Å². The molecule has 1 aromatic carbocycles. The first-order valence-corrected chi connectivity index (χ1v) is 9.20. The third kappa shape index (κ3) is 5.54. The fourth-order valence-corrected chi connectivity index (χ4v) is 3.10. The zero-order chi connectivity index (χ0) is 17.9. The Kier molecular flexibility index (Phi) is 6.79. The van der Waals surface area contributed by atoms with E-state index in [0.29, 0.717) is 39.4 Å². The van der Waals surface area contributed by atoms with Crippen LogP contribution in [0.25, 0.3) is 0 Å². The smallest absolute Gasteiger partial charge is 0.244 e. The van der Waals surface area contributed by atoms with Gasteiger partial charge in [0.1, 0.15) is 0 Å². The Morgan fingerprint density at radius 2 is 1.92 bits per heavy atom. The maximum absolute atomic E-state index is 11.7. The van der Waals surface area contributed by atoms with E-state index in [1.807, 2.05) is 25.1 Å². The molecule has 130 valence electrons. The van der Waals surface area contributed by atoms with Crippen LogP contribution in [0.2, 0.25) is 15.1 Å². The summed E-state index contributed by atoms with van der Waals surface area (Å²) in [6, 6.07) is 3.77. The van der Waals surface area contributed by atoms with Crippen molar-refractivity contribution >= 4 is 40.7 Å². The first kappa shape index (κ1) is 19.4. The third-order valence-corrected chi connectivity index (χ3v) is 5.12. The maximum Gasteiger partial charge on any atom is 0.244 e. The van der Waals surface area contributed by atoms with Crippen molar-refractivity contribution in [1.29, 1.82) is 0 Å². The summed E-state index contributed by atoms with van der Waals surface area (Å²) in [5.74, 6) is 1.26. The highest BCUT2D eigenvalue weighted by Gasteiger charge is 2.36. The van der Waals surface area contributed by atoms with E-state index in [2.05, 4.69) is 25.2 Å². The van der Waals surface area contributed by atoms with E-state index in [1.54, 1.807) is 6.08 Å². The van der Waals surface area contributed by atoms with Crippen LogP contribution in [0.3, 0.4) is 0 Å². The highest BCUT2D eigenvalue weighted by Crippen LogP contribution is 2.50. The van der Waals surface area contributed by atoms with Crippen LogP contribution in [0.4, 0.5) is 0 Å². The largest absolute Gasteiger partial charge is 0.352 e. The molecule has 0 heterocycles. The van der Waals surface area contributed by atoms with Gasteiger partial charge in [0.25, 0.3) is 0 Å². The second-order valence-corrected chi connectivity index (χ2v) is 7.88. The number of carbonyl (C=O) groups is 1. The van der Waals surface area contributed by atoms with E-state index in [9.17, 15) is 4.79 Å². The Balaban J connectivity index is 1.92. The van der Waals surface area contributed by atoms with Crippen molar-refractivity contribution in [3.63, 3.8) is 0 Å². The summed E-state index contributed by atoms with van der Waals surface area (Å²) < 4.78 is 0. The average molecular weight is 387 g/mol. The van der Waals surface area contributed by atoms with Gasteiger partial charge < -0.3 is 5.32 Å². The standard InChI is InChI=1S/C19H22Cl3NO/c1-11(2)10-23-18(24)6-12(3)4-5-13-7-15(13)14-8-16(20)19(22)17(21)9-14/h4-6,8-9,11,13,15H,7,10H2,1-3H3,(H,23,24)/b5-4+,12-6+/t13-,15-/m1/s1. The molecule has 1 amide bonds. The van der Waals surface area contributed by atoms with Gasteiger partial charge in [-0.1, -0.05) is 60.8 Å². The molecule has 1 aromatic rings. The number of hydrogen-bond acceptors (Lipinski definition) is 1. The number of amides is 1. The molecule has 0 bridgehead atoms. The molecule has 2 nitrogen and oxygen atoms in total. The van der Waals surface area contributed by atoms with Crippen molar-refractivity contribution in [2.24, 2.45) is 11.8 Å². The van der Waals surface area contributed by atoms with Crippen molar-refractivity contribution in [2.75, 3.05) is 6.54 Å². The minimum Gasteiger partial charge on any atom is -0.352 e. The predicted octanol–water partition coefficient (Wildman–Crippen LogP) is 6.03. The van der Waals surface area contributed by atoms with Crippen LogP contribution in [0.1, 0.15) is 38.7 Å². The van der Waals surface area contributed by atoms with E-state index >= 15 is 0 Å². The molecule has 24 heavy (non-hydrogen) atoms. The maximum atomic E-state index is 11.7. The van der Waals surface area contributed by atoms with Gasteiger partial charge >= 0.3 is 0 Å². The highest BCUT2D eigenvalue weighted by atomic mass is 35.5. The summed E-state index contributed by atoms with van der Waals surface area (Å²) in [5, 5.41) is 4.27. The summed E-state index contributed by atoms with van der Waals surface area (Å²) in [4.78, 5) is 11.7. The average Bonchev–Trinajstić information content (AvgIpc) is 3.28. The topological polar surface area (TPSA) is 29.1 Å². The number of halogens is 3. The van der Waals surface area contributed by atoms with Gasteiger partial charge in [-0.2, -0.15) is 0 Å². The van der Waals surface area contributed by atoms with E-state index in [0.717, 1.165) is 17.6 Å².